The number of benzene rings is 1. The summed E-state index contributed by atoms with van der Waals surface area (Å²) in [6.07, 6.45) is 1.88. The van der Waals surface area contributed by atoms with Crippen molar-refractivity contribution in [2.45, 2.75) is 30.4 Å². The summed E-state index contributed by atoms with van der Waals surface area (Å²) in [6.45, 7) is 4.32. The zero-order chi connectivity index (χ0) is 16.9. The zero-order valence-corrected chi connectivity index (χ0v) is 14.0. The molecular formula is C16H16N4O3S. The number of anilines is 1. The number of thioether (sulfide) groups is 1. The van der Waals surface area contributed by atoms with E-state index in [2.05, 4.69) is 46.7 Å². The summed E-state index contributed by atoms with van der Waals surface area (Å²) in [6, 6.07) is 9.68. The van der Waals surface area contributed by atoms with Crippen molar-refractivity contribution in [1.82, 2.24) is 15.4 Å². The maximum absolute atomic E-state index is 11.8. The fraction of sp³-hybridized carbons (Fsp3) is 0.250. The Morgan fingerprint density at radius 3 is 2.67 bits per heavy atom. The molecule has 3 rings (SSSR count). The van der Waals surface area contributed by atoms with E-state index in [1.807, 2.05) is 23.9 Å². The van der Waals surface area contributed by atoms with Gasteiger partial charge in [-0.1, -0.05) is 36.2 Å². The van der Waals surface area contributed by atoms with Gasteiger partial charge in [0.1, 0.15) is 0 Å². The van der Waals surface area contributed by atoms with Crippen LogP contribution in [0, 0.1) is 0 Å². The van der Waals surface area contributed by atoms with Crippen LogP contribution in [0.4, 0.5) is 6.01 Å². The second-order valence-electron chi connectivity index (χ2n) is 5.32. The number of carbonyl (C=O) groups is 1. The van der Waals surface area contributed by atoms with Crippen LogP contribution in [0.1, 0.15) is 35.9 Å². The molecule has 0 atom stereocenters. The van der Waals surface area contributed by atoms with Gasteiger partial charge in [0, 0.05) is 16.2 Å². The van der Waals surface area contributed by atoms with Crippen molar-refractivity contribution in [2.24, 2.45) is 0 Å². The molecule has 0 radical (unpaired) electrons. The lowest BCUT2D eigenvalue weighted by molar-refractivity contribution is 0.0985. The van der Waals surface area contributed by atoms with Crippen LogP contribution in [0.2, 0.25) is 0 Å². The first kappa shape index (κ1) is 16.3. The third-order valence-corrected chi connectivity index (χ3v) is 4.02. The van der Waals surface area contributed by atoms with E-state index in [1.54, 1.807) is 0 Å². The Morgan fingerprint density at radius 2 is 2.00 bits per heavy atom. The average molecular weight is 344 g/mol. The average Bonchev–Trinajstić information content (AvgIpc) is 3.21. The molecule has 0 aliphatic carbocycles. The van der Waals surface area contributed by atoms with Gasteiger partial charge in [0.05, 0.1) is 12.6 Å². The second-order valence-corrected chi connectivity index (χ2v) is 6.97. The van der Waals surface area contributed by atoms with E-state index >= 15 is 0 Å². The van der Waals surface area contributed by atoms with Crippen LogP contribution in [-0.2, 0) is 6.42 Å². The first-order valence-electron chi connectivity index (χ1n) is 7.40. The molecular weight excluding hydrogens is 328 g/mol. The summed E-state index contributed by atoms with van der Waals surface area (Å²) in [5.41, 5.74) is 1.06. The van der Waals surface area contributed by atoms with Crippen LogP contribution in [-0.4, -0.2) is 26.5 Å². The van der Waals surface area contributed by atoms with E-state index in [4.69, 9.17) is 8.94 Å². The highest BCUT2D eigenvalue weighted by Crippen LogP contribution is 2.23. The van der Waals surface area contributed by atoms with Gasteiger partial charge in [-0.2, -0.15) is 0 Å². The minimum Gasteiger partial charge on any atom is -0.407 e. The smallest absolute Gasteiger partial charge is 0.322 e. The van der Waals surface area contributed by atoms with E-state index in [-0.39, 0.29) is 11.8 Å². The highest BCUT2D eigenvalue weighted by Gasteiger charge is 2.14. The molecule has 1 N–H and O–H groups in total. The third-order valence-electron chi connectivity index (χ3n) is 3.00. The van der Waals surface area contributed by atoms with Gasteiger partial charge in [-0.3, -0.25) is 10.1 Å². The number of nitrogens with zero attached hydrogens (tertiary/aromatic N) is 3. The van der Waals surface area contributed by atoms with E-state index in [1.165, 1.54) is 17.2 Å². The lowest BCUT2D eigenvalue weighted by atomic mass is 10.1. The van der Waals surface area contributed by atoms with Crippen LogP contribution in [0.25, 0.3) is 0 Å². The summed E-state index contributed by atoms with van der Waals surface area (Å²) < 4.78 is 10.2. The topological polar surface area (TPSA) is 94.1 Å². The van der Waals surface area contributed by atoms with E-state index < -0.39 is 5.91 Å². The molecule has 7 nitrogen and oxygen atoms in total. The highest BCUT2D eigenvalue weighted by molar-refractivity contribution is 7.99. The van der Waals surface area contributed by atoms with Crippen LogP contribution in [0.3, 0.4) is 0 Å². The third kappa shape index (κ3) is 4.23. The van der Waals surface area contributed by atoms with Crippen molar-refractivity contribution >= 4 is 23.7 Å². The first-order chi connectivity index (χ1) is 11.6. The molecule has 1 aromatic carbocycles. The quantitative estimate of drug-likeness (QED) is 0.685. The second kappa shape index (κ2) is 7.31. The van der Waals surface area contributed by atoms with Crippen molar-refractivity contribution in [2.75, 3.05) is 5.32 Å². The maximum atomic E-state index is 11.8. The minimum absolute atomic E-state index is 0.0263. The number of amides is 1. The van der Waals surface area contributed by atoms with Gasteiger partial charge in [0.2, 0.25) is 11.7 Å². The Balaban J connectivity index is 1.60. The van der Waals surface area contributed by atoms with Crippen LogP contribution in [0.15, 0.2) is 50.4 Å². The van der Waals surface area contributed by atoms with Gasteiger partial charge < -0.3 is 8.94 Å². The summed E-state index contributed by atoms with van der Waals surface area (Å²) in [4.78, 5) is 13.0. The lowest BCUT2D eigenvalue weighted by Gasteiger charge is -2.05. The molecule has 8 heteroatoms. The van der Waals surface area contributed by atoms with E-state index in [0.717, 1.165) is 5.56 Å². The Bertz CT molecular complexity index is 797. The van der Waals surface area contributed by atoms with Crippen molar-refractivity contribution in [3.63, 3.8) is 0 Å². The van der Waals surface area contributed by atoms with Crippen molar-refractivity contribution in [3.05, 3.63) is 53.7 Å². The number of carbonyl (C=O) groups excluding carboxylic acids is 1. The van der Waals surface area contributed by atoms with Gasteiger partial charge in [-0.05, 0) is 17.7 Å². The monoisotopic (exact) mass is 344 g/mol. The molecule has 2 aromatic heterocycles. The van der Waals surface area contributed by atoms with Crippen LogP contribution < -0.4 is 5.32 Å². The van der Waals surface area contributed by atoms with E-state index in [9.17, 15) is 4.79 Å². The van der Waals surface area contributed by atoms with Crippen LogP contribution in [0.5, 0.6) is 0 Å². The molecule has 0 saturated heterocycles. The SMILES string of the molecule is CC(C)Sc1ccc(Cc2nnc(NC(=O)c3ccno3)o2)cc1. The highest BCUT2D eigenvalue weighted by atomic mass is 32.2. The molecule has 0 saturated carbocycles. The first-order valence-corrected chi connectivity index (χ1v) is 8.28. The van der Waals surface area contributed by atoms with Gasteiger partial charge in [-0.15, -0.1) is 16.9 Å². The zero-order valence-electron chi connectivity index (χ0n) is 13.2. The van der Waals surface area contributed by atoms with Gasteiger partial charge in [-0.25, -0.2) is 0 Å². The molecule has 3 aromatic rings. The molecule has 0 aliphatic heterocycles. The van der Waals surface area contributed by atoms with Crippen molar-refractivity contribution in [1.29, 1.82) is 0 Å². The normalized spacial score (nSPS) is 11.0. The molecule has 0 fully saturated rings. The largest absolute Gasteiger partial charge is 0.407 e. The number of hydrogen-bond donors (Lipinski definition) is 1. The minimum atomic E-state index is -0.488. The molecule has 0 spiro atoms. The van der Waals surface area contributed by atoms with Crippen molar-refractivity contribution < 1.29 is 13.7 Å². The molecule has 0 aliphatic rings. The predicted molar refractivity (Wildman–Crippen MR) is 89.0 cm³/mol. The fourth-order valence-electron chi connectivity index (χ4n) is 2.00. The summed E-state index contributed by atoms with van der Waals surface area (Å²) in [5.74, 6) is 0.0119. The summed E-state index contributed by atoms with van der Waals surface area (Å²) in [7, 11) is 0. The summed E-state index contributed by atoms with van der Waals surface area (Å²) in [5, 5.41) is 14.2. The Hall–Kier alpha value is -2.61. The molecule has 124 valence electrons. The molecule has 24 heavy (non-hydrogen) atoms. The van der Waals surface area contributed by atoms with Gasteiger partial charge in [0.15, 0.2) is 0 Å². The predicted octanol–water partition coefficient (Wildman–Crippen LogP) is 3.40. The Kier molecular flexibility index (Phi) is 4.95. The molecule has 0 unspecified atom stereocenters. The van der Waals surface area contributed by atoms with Gasteiger partial charge >= 0.3 is 6.01 Å². The van der Waals surface area contributed by atoms with E-state index in [0.29, 0.717) is 17.6 Å². The van der Waals surface area contributed by atoms with Crippen molar-refractivity contribution in [3.8, 4) is 0 Å². The fourth-order valence-corrected chi connectivity index (χ4v) is 2.84. The summed E-state index contributed by atoms with van der Waals surface area (Å²) >= 11 is 1.81. The maximum Gasteiger partial charge on any atom is 0.322 e. The molecule has 2 heterocycles. The standard InChI is InChI=1S/C16H16N4O3S/c1-10(2)24-12-5-3-11(4-6-12)9-14-19-20-16(22-14)18-15(21)13-7-8-17-23-13/h3-8,10H,9H2,1-2H3,(H,18,20,21). The number of rotatable bonds is 6. The molecule has 0 bridgehead atoms. The lowest BCUT2D eigenvalue weighted by Crippen LogP contribution is -2.11. The number of aromatic nitrogens is 3. The Labute approximate surface area is 142 Å². The number of nitrogens with one attached hydrogen (secondary N) is 1. The number of hydrogen-bond acceptors (Lipinski definition) is 7. The van der Waals surface area contributed by atoms with Crippen LogP contribution >= 0.6 is 11.8 Å². The molecule has 1 amide bonds. The van der Waals surface area contributed by atoms with Gasteiger partial charge in [0.25, 0.3) is 5.91 Å². The Morgan fingerprint density at radius 1 is 1.21 bits per heavy atom.